The van der Waals surface area contributed by atoms with Gasteiger partial charge in [0.15, 0.2) is 10.7 Å². The molecule has 5 fully saturated rings. The van der Waals surface area contributed by atoms with Crippen LogP contribution >= 0.6 is 11.3 Å². The van der Waals surface area contributed by atoms with Crippen molar-refractivity contribution in [3.63, 3.8) is 0 Å². The van der Waals surface area contributed by atoms with Crippen molar-refractivity contribution < 1.29 is 19.7 Å². The molecule has 8 heteroatoms. The van der Waals surface area contributed by atoms with Crippen molar-refractivity contribution in [1.29, 1.82) is 0 Å². The number of hydrogen-bond acceptors (Lipinski definition) is 8. The molecule has 4 aliphatic carbocycles. The highest BCUT2D eigenvalue weighted by Crippen LogP contribution is 2.63. The summed E-state index contributed by atoms with van der Waals surface area (Å²) >= 11 is 1.41. The lowest BCUT2D eigenvalue weighted by molar-refractivity contribution is -0.00658. The maximum absolute atomic E-state index is 12.2. The van der Waals surface area contributed by atoms with Crippen LogP contribution in [0.25, 0.3) is 0 Å². The molecule has 8 rings (SSSR count). The van der Waals surface area contributed by atoms with Gasteiger partial charge in [-0.1, -0.05) is 35.6 Å². The molecule has 5 aliphatic rings. The lowest BCUT2D eigenvalue weighted by Crippen LogP contribution is -2.48. The normalized spacial score (nSPS) is 29.9. The van der Waals surface area contributed by atoms with Crippen LogP contribution in [0.1, 0.15) is 60.1 Å². The average molecular weight is 534 g/mol. The number of rotatable bonds is 6. The van der Waals surface area contributed by atoms with E-state index < -0.39 is 5.60 Å². The number of aromatic nitrogens is 2. The van der Waals surface area contributed by atoms with Gasteiger partial charge in [0, 0.05) is 49.3 Å². The fraction of sp³-hybridized carbons (Fsp3) is 0.533. The summed E-state index contributed by atoms with van der Waals surface area (Å²) in [5.74, 6) is 2.48. The fourth-order valence-electron chi connectivity index (χ4n) is 8.42. The highest BCUT2D eigenvalue weighted by molar-refractivity contribution is 7.16. The first-order valence-electron chi connectivity index (χ1n) is 13.8. The second-order valence-electron chi connectivity index (χ2n) is 11.8. The van der Waals surface area contributed by atoms with Crippen LogP contribution in [0.5, 0.6) is 11.6 Å². The average Bonchev–Trinajstić information content (AvgIpc) is 3.32. The number of morpholine rings is 1. The third-order valence-corrected chi connectivity index (χ3v) is 10.8. The van der Waals surface area contributed by atoms with E-state index >= 15 is 0 Å². The number of nitrogens with zero attached hydrogens (tertiary/aromatic N) is 3. The summed E-state index contributed by atoms with van der Waals surface area (Å²) < 4.78 is 11.9. The molecule has 7 nitrogen and oxygen atoms in total. The molecule has 3 aromatic rings. The highest BCUT2D eigenvalue weighted by atomic mass is 32.1. The first-order chi connectivity index (χ1) is 18.5. The number of ether oxygens (including phenoxy) is 2. The van der Waals surface area contributed by atoms with Gasteiger partial charge < -0.3 is 24.6 Å². The zero-order chi connectivity index (χ0) is 25.9. The van der Waals surface area contributed by atoms with Crippen LogP contribution in [0, 0.1) is 17.8 Å². The lowest BCUT2D eigenvalue weighted by Gasteiger charge is -2.57. The first-order valence-corrected chi connectivity index (χ1v) is 14.7. The number of anilines is 1. The Morgan fingerprint density at radius 2 is 1.74 bits per heavy atom. The molecule has 38 heavy (non-hydrogen) atoms. The minimum atomic E-state index is -1.26. The zero-order valence-corrected chi connectivity index (χ0v) is 22.6. The number of phenolic OH excluding ortho intramolecular Hbond substituents is 1. The largest absolute Gasteiger partial charge is 0.507 e. The monoisotopic (exact) mass is 533 g/mol. The first kappa shape index (κ1) is 24.4. The van der Waals surface area contributed by atoms with Gasteiger partial charge in [0.25, 0.3) is 0 Å². The van der Waals surface area contributed by atoms with E-state index in [1.54, 1.807) is 19.5 Å². The topological polar surface area (TPSA) is 87.9 Å². The van der Waals surface area contributed by atoms with E-state index in [0.717, 1.165) is 53.3 Å². The molecule has 1 saturated heterocycles. The van der Waals surface area contributed by atoms with Crippen LogP contribution in [0.3, 0.4) is 0 Å². The van der Waals surface area contributed by atoms with E-state index in [9.17, 15) is 10.2 Å². The van der Waals surface area contributed by atoms with Crippen LogP contribution in [0.15, 0.2) is 42.7 Å². The summed E-state index contributed by atoms with van der Waals surface area (Å²) in [7, 11) is 1.64. The van der Waals surface area contributed by atoms with Crippen molar-refractivity contribution in [2.45, 2.75) is 49.5 Å². The summed E-state index contributed by atoms with van der Waals surface area (Å²) in [5.41, 5.74) is 1.17. The number of hydrogen-bond donors (Lipinski definition) is 2. The molecule has 0 radical (unpaired) electrons. The van der Waals surface area contributed by atoms with E-state index in [0.29, 0.717) is 36.7 Å². The minimum absolute atomic E-state index is 0.0119. The summed E-state index contributed by atoms with van der Waals surface area (Å²) in [6, 6.07) is 9.92. The van der Waals surface area contributed by atoms with Crippen LogP contribution in [0.4, 0.5) is 5.13 Å². The standard InChI is InChI=1S/C30H35N3O4S/c1-36-30(22-4-3-7-31-18-22,26-27(35)32-28(38-26)33-8-10-37-11-9-33)24-6-2-5-23(25(24)34)29-15-19-12-20(16-29)14-21(13-19)17-29/h2-7,18-21,34-35H,8-17H2,1H3. The molecule has 4 saturated carbocycles. The van der Waals surface area contributed by atoms with Gasteiger partial charge >= 0.3 is 0 Å². The van der Waals surface area contributed by atoms with Crippen LogP contribution in [-0.2, 0) is 20.5 Å². The molecule has 1 aliphatic heterocycles. The lowest BCUT2D eigenvalue weighted by atomic mass is 9.48. The van der Waals surface area contributed by atoms with Crippen molar-refractivity contribution in [2.75, 3.05) is 38.3 Å². The number of phenols is 1. The van der Waals surface area contributed by atoms with Gasteiger partial charge in [-0.2, -0.15) is 4.98 Å². The SMILES string of the molecule is COC(c1cccnc1)(c1cccc(C23CC4CC(CC(C4)C2)C3)c1O)c1sc(N2CCOCC2)nc1O. The van der Waals surface area contributed by atoms with Crippen molar-refractivity contribution in [3.05, 3.63) is 64.3 Å². The van der Waals surface area contributed by atoms with E-state index in [-0.39, 0.29) is 17.0 Å². The fourth-order valence-corrected chi connectivity index (χ4v) is 9.63. The Bertz CT molecular complexity index is 1290. The van der Waals surface area contributed by atoms with Crippen molar-refractivity contribution in [1.82, 2.24) is 9.97 Å². The summed E-state index contributed by atoms with van der Waals surface area (Å²) in [5, 5.41) is 24.2. The minimum Gasteiger partial charge on any atom is -0.507 e. The third kappa shape index (κ3) is 3.67. The van der Waals surface area contributed by atoms with Gasteiger partial charge in [-0.25, -0.2) is 0 Å². The molecular weight excluding hydrogens is 498 g/mol. The molecular formula is C30H35N3O4S. The number of thiazole rings is 1. The Hall–Kier alpha value is -2.68. The number of para-hydroxylation sites is 1. The van der Waals surface area contributed by atoms with E-state index in [2.05, 4.69) is 20.9 Å². The smallest absolute Gasteiger partial charge is 0.230 e. The molecule has 0 amide bonds. The second-order valence-corrected chi connectivity index (χ2v) is 12.8. The molecule has 4 bridgehead atoms. The Kier molecular flexibility index (Phi) is 5.91. The zero-order valence-electron chi connectivity index (χ0n) is 21.8. The summed E-state index contributed by atoms with van der Waals surface area (Å²) in [6.45, 7) is 2.68. The number of benzene rings is 1. The van der Waals surface area contributed by atoms with Crippen molar-refractivity contribution >= 4 is 16.5 Å². The predicted molar refractivity (Wildman–Crippen MR) is 146 cm³/mol. The Balaban J connectivity index is 1.40. The van der Waals surface area contributed by atoms with Crippen molar-refractivity contribution in [3.8, 4) is 11.6 Å². The van der Waals surface area contributed by atoms with Gasteiger partial charge in [-0.15, -0.1) is 0 Å². The third-order valence-electron chi connectivity index (χ3n) is 9.60. The quantitative estimate of drug-likeness (QED) is 0.451. The number of methoxy groups -OCH3 is 1. The van der Waals surface area contributed by atoms with E-state index in [1.165, 1.54) is 30.6 Å². The van der Waals surface area contributed by atoms with Crippen molar-refractivity contribution in [2.24, 2.45) is 17.8 Å². The highest BCUT2D eigenvalue weighted by Gasteiger charge is 2.53. The molecule has 0 spiro atoms. The molecule has 1 atom stereocenters. The number of pyridine rings is 1. The molecule has 200 valence electrons. The van der Waals surface area contributed by atoms with Gasteiger partial charge in [0.2, 0.25) is 5.88 Å². The molecule has 3 heterocycles. The molecule has 1 aromatic carbocycles. The molecule has 2 N–H and O–H groups in total. The maximum atomic E-state index is 12.2. The summed E-state index contributed by atoms with van der Waals surface area (Å²) in [4.78, 5) is 11.6. The maximum Gasteiger partial charge on any atom is 0.230 e. The predicted octanol–water partition coefficient (Wildman–Crippen LogP) is 5.19. The second kappa shape index (κ2) is 9.21. The van der Waals surface area contributed by atoms with Crippen LogP contribution in [0.2, 0.25) is 0 Å². The molecule has 2 aromatic heterocycles. The van der Waals surface area contributed by atoms with Gasteiger partial charge in [0.1, 0.15) is 10.6 Å². The van der Waals surface area contributed by atoms with E-state index in [1.807, 2.05) is 24.3 Å². The number of aromatic hydroxyl groups is 2. The summed E-state index contributed by atoms with van der Waals surface area (Å²) in [6.07, 6.45) is 11.0. The Labute approximate surface area is 227 Å². The van der Waals surface area contributed by atoms with Crippen LogP contribution in [-0.4, -0.2) is 53.6 Å². The Morgan fingerprint density at radius 1 is 1.03 bits per heavy atom. The van der Waals surface area contributed by atoms with Crippen LogP contribution < -0.4 is 4.90 Å². The molecule has 1 unspecified atom stereocenters. The Morgan fingerprint density at radius 3 is 2.37 bits per heavy atom. The van der Waals surface area contributed by atoms with Gasteiger partial charge in [-0.3, -0.25) is 4.98 Å². The van der Waals surface area contributed by atoms with E-state index in [4.69, 9.17) is 9.47 Å². The van der Waals surface area contributed by atoms with Gasteiger partial charge in [-0.05, 0) is 67.8 Å². The van der Waals surface area contributed by atoms with Gasteiger partial charge in [0.05, 0.1) is 13.2 Å².